The zero-order valence-corrected chi connectivity index (χ0v) is 20.9. The number of halogens is 1. The predicted molar refractivity (Wildman–Crippen MR) is 141 cm³/mol. The van der Waals surface area contributed by atoms with Crippen molar-refractivity contribution in [1.29, 1.82) is 0 Å². The van der Waals surface area contributed by atoms with Gasteiger partial charge in [0.25, 0.3) is 11.8 Å². The number of hydrogen-bond acceptors (Lipinski definition) is 3. The van der Waals surface area contributed by atoms with Gasteiger partial charge in [0, 0.05) is 36.1 Å². The number of likely N-dealkylation sites (tertiary alicyclic amines) is 1. The topological polar surface area (TPSA) is 68.4 Å². The van der Waals surface area contributed by atoms with Crippen molar-refractivity contribution >= 4 is 29.2 Å². The largest absolute Gasteiger partial charge is 0.358 e. The third-order valence-corrected chi connectivity index (χ3v) is 7.24. The molecule has 2 aliphatic rings. The Bertz CT molecular complexity index is 1360. The molecule has 0 bridgehead atoms. The average Bonchev–Trinajstić information content (AvgIpc) is 3.57. The number of hydrogen-bond donors (Lipinski definition) is 2. The van der Waals surface area contributed by atoms with E-state index in [4.69, 9.17) is 0 Å². The summed E-state index contributed by atoms with van der Waals surface area (Å²) in [5.74, 6) is -0.616. The molecule has 2 N–H and O–H groups in total. The maximum atomic E-state index is 14.0. The van der Waals surface area contributed by atoms with E-state index in [9.17, 15) is 14.0 Å². The molecule has 1 unspecified atom stereocenters. The monoisotopic (exact) mass is 486 g/mol. The van der Waals surface area contributed by atoms with Gasteiger partial charge in [0.1, 0.15) is 5.82 Å². The van der Waals surface area contributed by atoms with Gasteiger partial charge in [0.2, 0.25) is 0 Å². The Morgan fingerprint density at radius 1 is 1.17 bits per heavy atom. The number of carbonyl (C=O) groups is 2. The van der Waals surface area contributed by atoms with Crippen molar-refractivity contribution in [2.24, 2.45) is 0 Å². The molecule has 0 radical (unpaired) electrons. The number of nitrogens with zero attached hydrogens (tertiary/aromatic N) is 2. The van der Waals surface area contributed by atoms with Crippen molar-refractivity contribution in [1.82, 2.24) is 14.8 Å². The smallest absolute Gasteiger partial charge is 0.256 e. The molecule has 1 fully saturated rings. The molecule has 3 heterocycles. The summed E-state index contributed by atoms with van der Waals surface area (Å²) in [7, 11) is 0. The lowest BCUT2D eigenvalue weighted by atomic mass is 9.94. The fourth-order valence-electron chi connectivity index (χ4n) is 5.46. The van der Waals surface area contributed by atoms with Gasteiger partial charge in [0.15, 0.2) is 0 Å². The lowest BCUT2D eigenvalue weighted by molar-refractivity contribution is -0.110. The number of aromatic nitrogens is 1. The Labute approximate surface area is 210 Å². The molecule has 1 atom stereocenters. The lowest BCUT2D eigenvalue weighted by Gasteiger charge is -2.26. The molecular formula is C29H31FN4O2. The number of fused-ring (bicyclic) bond motifs is 1. The molecule has 6 nitrogen and oxygen atoms in total. The van der Waals surface area contributed by atoms with Crippen LogP contribution in [-0.4, -0.2) is 58.8 Å². The van der Waals surface area contributed by atoms with Gasteiger partial charge in [-0.1, -0.05) is 38.1 Å². The first-order valence-electron chi connectivity index (χ1n) is 12.5. The van der Waals surface area contributed by atoms with Crippen LogP contribution in [0.5, 0.6) is 0 Å². The number of likely N-dealkylation sites (N-methyl/N-ethyl adjacent to an activating group) is 1. The van der Waals surface area contributed by atoms with Crippen LogP contribution in [0, 0.1) is 12.7 Å². The highest BCUT2D eigenvalue weighted by molar-refractivity contribution is 6.36. The van der Waals surface area contributed by atoms with Gasteiger partial charge in [-0.05, 0) is 67.9 Å². The van der Waals surface area contributed by atoms with Crippen LogP contribution in [0.1, 0.15) is 47.6 Å². The van der Waals surface area contributed by atoms with E-state index in [-0.39, 0.29) is 17.6 Å². The van der Waals surface area contributed by atoms with Crippen molar-refractivity contribution in [3.05, 3.63) is 76.9 Å². The maximum absolute atomic E-state index is 14.0. The van der Waals surface area contributed by atoms with Crippen LogP contribution in [0.25, 0.3) is 22.8 Å². The molecule has 1 aromatic heterocycles. The molecule has 2 aromatic carbocycles. The maximum Gasteiger partial charge on any atom is 0.256 e. The van der Waals surface area contributed by atoms with Crippen molar-refractivity contribution < 1.29 is 14.0 Å². The van der Waals surface area contributed by atoms with Crippen LogP contribution in [0.2, 0.25) is 0 Å². The highest BCUT2D eigenvalue weighted by Crippen LogP contribution is 2.40. The van der Waals surface area contributed by atoms with Crippen LogP contribution < -0.4 is 5.32 Å². The summed E-state index contributed by atoms with van der Waals surface area (Å²) in [6.45, 7) is 9.55. The van der Waals surface area contributed by atoms with E-state index in [1.165, 1.54) is 12.1 Å². The van der Waals surface area contributed by atoms with E-state index in [2.05, 4.69) is 29.0 Å². The fraction of sp³-hybridized carbons (Fsp3) is 0.310. The second-order valence-electron chi connectivity index (χ2n) is 9.45. The number of anilines is 1. The minimum Gasteiger partial charge on any atom is -0.358 e. The summed E-state index contributed by atoms with van der Waals surface area (Å²) < 4.78 is 14.0. The zero-order valence-electron chi connectivity index (χ0n) is 20.9. The number of nitrogens with one attached hydrogen (secondary N) is 2. The summed E-state index contributed by atoms with van der Waals surface area (Å²) in [4.78, 5) is 34.2. The molecule has 5 rings (SSSR count). The Hall–Kier alpha value is -3.71. The molecule has 0 spiro atoms. The molecule has 7 heteroatoms. The Morgan fingerprint density at radius 2 is 1.94 bits per heavy atom. The van der Waals surface area contributed by atoms with Crippen molar-refractivity contribution in [2.45, 2.75) is 33.2 Å². The van der Waals surface area contributed by atoms with Gasteiger partial charge < -0.3 is 15.2 Å². The van der Waals surface area contributed by atoms with Crippen LogP contribution >= 0.6 is 0 Å². The second kappa shape index (κ2) is 9.74. The number of H-pyrrole nitrogens is 1. The number of aromatic amines is 1. The van der Waals surface area contributed by atoms with E-state index in [1.54, 1.807) is 12.1 Å². The van der Waals surface area contributed by atoms with E-state index in [0.29, 0.717) is 52.8 Å². The van der Waals surface area contributed by atoms with Crippen LogP contribution in [0.4, 0.5) is 10.1 Å². The Kier molecular flexibility index (Phi) is 6.49. The predicted octanol–water partition coefficient (Wildman–Crippen LogP) is 5.18. The Morgan fingerprint density at radius 3 is 2.69 bits per heavy atom. The molecule has 2 aliphatic heterocycles. The molecular weight excluding hydrogens is 455 g/mol. The highest BCUT2D eigenvalue weighted by Gasteiger charge is 2.32. The third kappa shape index (κ3) is 4.35. The van der Waals surface area contributed by atoms with Crippen molar-refractivity contribution in [2.75, 3.05) is 31.5 Å². The summed E-state index contributed by atoms with van der Waals surface area (Å²) in [5, 5.41) is 2.92. The summed E-state index contributed by atoms with van der Waals surface area (Å²) in [5.41, 5.74) is 5.29. The number of carbonyl (C=O) groups excluding carboxylic acids is 2. The quantitative estimate of drug-likeness (QED) is 0.472. The third-order valence-electron chi connectivity index (χ3n) is 7.24. The molecule has 36 heavy (non-hydrogen) atoms. The summed E-state index contributed by atoms with van der Waals surface area (Å²) in [6.07, 6.45) is 2.71. The molecule has 0 saturated carbocycles. The van der Waals surface area contributed by atoms with E-state index >= 15 is 0 Å². The van der Waals surface area contributed by atoms with Crippen molar-refractivity contribution in [3.8, 4) is 11.1 Å². The van der Waals surface area contributed by atoms with Gasteiger partial charge in [-0.15, -0.1) is 0 Å². The van der Waals surface area contributed by atoms with Gasteiger partial charge in [-0.2, -0.15) is 0 Å². The molecule has 3 aromatic rings. The van der Waals surface area contributed by atoms with Gasteiger partial charge in [0.05, 0.1) is 16.8 Å². The zero-order chi connectivity index (χ0) is 25.4. The second-order valence-corrected chi connectivity index (χ2v) is 9.45. The normalized spacial score (nSPS) is 18.2. The SMILES string of the molecule is CCN(CC)C1CCN(C(=O)c2cc(C)[nH]c2C=C2C(=O)Nc3cccc(-c4cccc(F)c4)c32)C1. The van der Waals surface area contributed by atoms with Crippen LogP contribution in [0.3, 0.4) is 0 Å². The number of aryl methyl sites for hydroxylation is 1. The van der Waals surface area contributed by atoms with Crippen LogP contribution in [0.15, 0.2) is 48.5 Å². The number of benzene rings is 2. The minimum absolute atomic E-state index is 0.0297. The van der Waals surface area contributed by atoms with E-state index in [0.717, 1.165) is 30.8 Å². The van der Waals surface area contributed by atoms with Crippen LogP contribution in [-0.2, 0) is 4.79 Å². The summed E-state index contributed by atoms with van der Waals surface area (Å²) in [6, 6.07) is 14.1. The highest BCUT2D eigenvalue weighted by atomic mass is 19.1. The average molecular weight is 487 g/mol. The van der Waals surface area contributed by atoms with Gasteiger partial charge in [-0.25, -0.2) is 4.39 Å². The van der Waals surface area contributed by atoms with E-state index < -0.39 is 0 Å². The van der Waals surface area contributed by atoms with Gasteiger partial charge in [-0.3, -0.25) is 14.5 Å². The first kappa shape index (κ1) is 24.0. The standard InChI is InChI=1S/C29H31FN4O2/c1-4-33(5-2)21-12-13-34(17-21)29(36)23-14-18(3)31-26(23)16-24-27-22(19-8-6-9-20(30)15-19)10-7-11-25(27)32-28(24)35/h6-11,14-16,21,31H,4-5,12-13,17H2,1-3H3,(H,32,35). The molecule has 0 aliphatic carbocycles. The first-order chi connectivity index (χ1) is 17.4. The number of amides is 2. The summed E-state index contributed by atoms with van der Waals surface area (Å²) >= 11 is 0. The first-order valence-corrected chi connectivity index (χ1v) is 12.5. The molecule has 2 amide bonds. The van der Waals surface area contributed by atoms with Gasteiger partial charge >= 0.3 is 0 Å². The number of rotatable bonds is 6. The fourth-order valence-corrected chi connectivity index (χ4v) is 5.46. The van der Waals surface area contributed by atoms with Crippen molar-refractivity contribution in [3.63, 3.8) is 0 Å². The molecule has 1 saturated heterocycles. The minimum atomic E-state index is -0.339. The van der Waals surface area contributed by atoms with E-state index in [1.807, 2.05) is 42.2 Å². The lowest BCUT2D eigenvalue weighted by Crippen LogP contribution is -2.38. The molecule has 186 valence electrons. The Balaban J connectivity index is 1.51.